The SMILES string of the molecule is Cc1ccccc1C(C)(C)CNCCCS. The fourth-order valence-corrected chi connectivity index (χ4v) is 2.19. The highest BCUT2D eigenvalue weighted by molar-refractivity contribution is 7.80. The Morgan fingerprint density at radius 1 is 1.25 bits per heavy atom. The standard InChI is InChI=1S/C14H23NS/c1-12-7-4-5-8-13(12)14(2,3)11-15-9-6-10-16/h4-5,7-8,15-16H,6,9-11H2,1-3H3. The number of rotatable bonds is 6. The van der Waals surface area contributed by atoms with Crippen molar-refractivity contribution < 1.29 is 0 Å². The maximum Gasteiger partial charge on any atom is 0.00432 e. The van der Waals surface area contributed by atoms with Crippen molar-refractivity contribution in [1.29, 1.82) is 0 Å². The molecule has 0 aromatic heterocycles. The van der Waals surface area contributed by atoms with Crippen LogP contribution in [0.3, 0.4) is 0 Å². The van der Waals surface area contributed by atoms with Crippen molar-refractivity contribution >= 4 is 12.6 Å². The third kappa shape index (κ3) is 3.84. The Bertz CT molecular complexity index is 320. The minimum absolute atomic E-state index is 0.196. The molecule has 1 N–H and O–H groups in total. The van der Waals surface area contributed by atoms with E-state index in [2.05, 4.69) is 63.0 Å². The Balaban J connectivity index is 2.59. The van der Waals surface area contributed by atoms with Crippen molar-refractivity contribution in [2.24, 2.45) is 0 Å². The molecule has 0 saturated heterocycles. The number of aryl methyl sites for hydroxylation is 1. The van der Waals surface area contributed by atoms with Crippen LogP contribution in [0.2, 0.25) is 0 Å². The molecule has 2 heteroatoms. The lowest BCUT2D eigenvalue weighted by Gasteiger charge is -2.27. The normalized spacial score (nSPS) is 11.8. The van der Waals surface area contributed by atoms with E-state index in [9.17, 15) is 0 Å². The fraction of sp³-hybridized carbons (Fsp3) is 0.571. The van der Waals surface area contributed by atoms with Gasteiger partial charge in [-0.25, -0.2) is 0 Å². The minimum Gasteiger partial charge on any atom is -0.316 e. The molecular weight excluding hydrogens is 214 g/mol. The predicted molar refractivity (Wildman–Crippen MR) is 75.5 cm³/mol. The van der Waals surface area contributed by atoms with Gasteiger partial charge in [0.25, 0.3) is 0 Å². The molecule has 90 valence electrons. The summed E-state index contributed by atoms with van der Waals surface area (Å²) in [6, 6.07) is 8.64. The molecule has 0 atom stereocenters. The van der Waals surface area contributed by atoms with E-state index in [-0.39, 0.29) is 5.41 Å². The van der Waals surface area contributed by atoms with Crippen LogP contribution >= 0.6 is 12.6 Å². The van der Waals surface area contributed by atoms with Gasteiger partial charge in [-0.05, 0) is 36.8 Å². The zero-order valence-electron chi connectivity index (χ0n) is 10.6. The summed E-state index contributed by atoms with van der Waals surface area (Å²) in [4.78, 5) is 0. The van der Waals surface area contributed by atoms with Gasteiger partial charge < -0.3 is 5.32 Å². The quantitative estimate of drug-likeness (QED) is 0.572. The molecule has 0 aliphatic heterocycles. The van der Waals surface area contributed by atoms with Crippen molar-refractivity contribution in [3.05, 3.63) is 35.4 Å². The molecule has 0 heterocycles. The van der Waals surface area contributed by atoms with Gasteiger partial charge in [0.05, 0.1) is 0 Å². The highest BCUT2D eigenvalue weighted by atomic mass is 32.1. The molecular formula is C14H23NS. The van der Waals surface area contributed by atoms with Crippen molar-refractivity contribution in [3.63, 3.8) is 0 Å². The van der Waals surface area contributed by atoms with Gasteiger partial charge in [0, 0.05) is 12.0 Å². The number of hydrogen-bond donors (Lipinski definition) is 2. The van der Waals surface area contributed by atoms with Crippen LogP contribution in [0.1, 0.15) is 31.4 Å². The second kappa shape index (κ2) is 6.31. The Morgan fingerprint density at radius 2 is 1.94 bits per heavy atom. The first-order chi connectivity index (χ1) is 7.58. The van der Waals surface area contributed by atoms with Crippen molar-refractivity contribution in [1.82, 2.24) is 5.32 Å². The second-order valence-corrected chi connectivity index (χ2v) is 5.40. The largest absolute Gasteiger partial charge is 0.316 e. The van der Waals surface area contributed by atoms with Crippen LogP contribution in [-0.2, 0) is 5.41 Å². The van der Waals surface area contributed by atoms with Gasteiger partial charge >= 0.3 is 0 Å². The molecule has 0 radical (unpaired) electrons. The highest BCUT2D eigenvalue weighted by Gasteiger charge is 2.21. The fourth-order valence-electron chi connectivity index (χ4n) is 2.03. The summed E-state index contributed by atoms with van der Waals surface area (Å²) < 4.78 is 0. The summed E-state index contributed by atoms with van der Waals surface area (Å²) in [7, 11) is 0. The average Bonchev–Trinajstić information content (AvgIpc) is 2.25. The molecule has 0 amide bonds. The molecule has 16 heavy (non-hydrogen) atoms. The zero-order valence-corrected chi connectivity index (χ0v) is 11.5. The van der Waals surface area contributed by atoms with Crippen molar-refractivity contribution in [2.45, 2.75) is 32.6 Å². The molecule has 1 aromatic rings. The summed E-state index contributed by atoms with van der Waals surface area (Å²) in [5.74, 6) is 0.956. The van der Waals surface area contributed by atoms with Gasteiger partial charge in [-0.15, -0.1) is 0 Å². The first kappa shape index (κ1) is 13.6. The summed E-state index contributed by atoms with van der Waals surface area (Å²) in [6.07, 6.45) is 1.13. The first-order valence-corrected chi connectivity index (χ1v) is 6.59. The summed E-state index contributed by atoms with van der Waals surface area (Å²) >= 11 is 4.21. The van der Waals surface area contributed by atoms with Crippen molar-refractivity contribution in [2.75, 3.05) is 18.8 Å². The Labute approximate surface area is 105 Å². The molecule has 1 aromatic carbocycles. The van der Waals surface area contributed by atoms with E-state index in [1.54, 1.807) is 0 Å². The van der Waals surface area contributed by atoms with E-state index >= 15 is 0 Å². The number of thiol groups is 1. The van der Waals surface area contributed by atoms with Crippen LogP contribution in [0.5, 0.6) is 0 Å². The predicted octanol–water partition coefficient (Wildman–Crippen LogP) is 3.18. The van der Waals surface area contributed by atoms with Gasteiger partial charge in [0.15, 0.2) is 0 Å². The monoisotopic (exact) mass is 237 g/mol. The third-order valence-corrected chi connectivity index (χ3v) is 3.27. The highest BCUT2D eigenvalue weighted by Crippen LogP contribution is 2.25. The molecule has 0 fully saturated rings. The van der Waals surface area contributed by atoms with Gasteiger partial charge in [0.2, 0.25) is 0 Å². The second-order valence-electron chi connectivity index (χ2n) is 4.95. The van der Waals surface area contributed by atoms with E-state index in [4.69, 9.17) is 0 Å². The van der Waals surface area contributed by atoms with Crippen LogP contribution in [0.25, 0.3) is 0 Å². The van der Waals surface area contributed by atoms with Crippen LogP contribution < -0.4 is 5.32 Å². The summed E-state index contributed by atoms with van der Waals surface area (Å²) in [6.45, 7) is 8.85. The molecule has 0 aliphatic rings. The van der Waals surface area contributed by atoms with E-state index in [1.807, 2.05) is 0 Å². The maximum absolute atomic E-state index is 4.21. The molecule has 1 rings (SSSR count). The number of hydrogen-bond acceptors (Lipinski definition) is 2. The van der Waals surface area contributed by atoms with Gasteiger partial charge in [-0.1, -0.05) is 38.1 Å². The van der Waals surface area contributed by atoms with Gasteiger partial charge in [-0.2, -0.15) is 12.6 Å². The number of nitrogens with one attached hydrogen (secondary N) is 1. The van der Waals surface area contributed by atoms with Gasteiger partial charge in [-0.3, -0.25) is 0 Å². The Kier molecular flexibility index (Phi) is 5.36. The van der Waals surface area contributed by atoms with Gasteiger partial charge in [0.1, 0.15) is 0 Å². The molecule has 0 unspecified atom stereocenters. The van der Waals surface area contributed by atoms with Crippen LogP contribution in [-0.4, -0.2) is 18.8 Å². The Morgan fingerprint density at radius 3 is 2.56 bits per heavy atom. The van der Waals surface area contributed by atoms with E-state index in [0.29, 0.717) is 0 Å². The topological polar surface area (TPSA) is 12.0 Å². The van der Waals surface area contributed by atoms with Crippen LogP contribution in [0.15, 0.2) is 24.3 Å². The molecule has 0 spiro atoms. The summed E-state index contributed by atoms with van der Waals surface area (Å²) in [5.41, 5.74) is 3.01. The van der Waals surface area contributed by atoms with E-state index in [0.717, 1.165) is 25.3 Å². The lowest BCUT2D eigenvalue weighted by Crippen LogP contribution is -2.34. The average molecular weight is 237 g/mol. The molecule has 0 saturated carbocycles. The van der Waals surface area contributed by atoms with E-state index < -0.39 is 0 Å². The lowest BCUT2D eigenvalue weighted by atomic mass is 9.82. The maximum atomic E-state index is 4.21. The number of benzene rings is 1. The van der Waals surface area contributed by atoms with Crippen LogP contribution in [0.4, 0.5) is 0 Å². The van der Waals surface area contributed by atoms with E-state index in [1.165, 1.54) is 11.1 Å². The summed E-state index contributed by atoms with van der Waals surface area (Å²) in [5, 5.41) is 3.50. The molecule has 1 nitrogen and oxygen atoms in total. The third-order valence-electron chi connectivity index (χ3n) is 2.95. The first-order valence-electron chi connectivity index (χ1n) is 5.95. The minimum atomic E-state index is 0.196. The van der Waals surface area contributed by atoms with Crippen molar-refractivity contribution in [3.8, 4) is 0 Å². The zero-order chi connectivity index (χ0) is 12.0. The lowest BCUT2D eigenvalue weighted by molar-refractivity contribution is 0.468. The molecule has 0 aliphatic carbocycles. The molecule has 0 bridgehead atoms. The smallest absolute Gasteiger partial charge is 0.00432 e. The Hall–Kier alpha value is -0.470. The van der Waals surface area contributed by atoms with Crippen LogP contribution in [0, 0.1) is 6.92 Å².